The number of aromatic hydroxyl groups is 3. The van der Waals surface area contributed by atoms with E-state index in [0.717, 1.165) is 0 Å². The van der Waals surface area contributed by atoms with Gasteiger partial charge in [-0.25, -0.2) is 0 Å². The maximum Gasteiger partial charge on any atom is 0.312 e. The molecule has 15 nitrogen and oxygen atoms in total. The molecule has 2 aromatic carbocycles. The molecular weight excluding hydrogens is 764 g/mol. The van der Waals surface area contributed by atoms with Crippen molar-refractivity contribution in [2.24, 2.45) is 23.7 Å². The van der Waals surface area contributed by atoms with Crippen LogP contribution in [0, 0.1) is 30.6 Å². The summed E-state index contributed by atoms with van der Waals surface area (Å²) in [5.74, 6) is -8.79. The molecule has 0 radical (unpaired) electrons. The largest absolute Gasteiger partial charge is 0.507 e. The minimum atomic E-state index is -2.08. The first-order chi connectivity index (χ1) is 27.5. The molecule has 59 heavy (non-hydrogen) atoms. The van der Waals surface area contributed by atoms with Gasteiger partial charge in [0.05, 0.1) is 41.2 Å². The van der Waals surface area contributed by atoms with Crippen molar-refractivity contribution in [3.8, 4) is 23.0 Å². The van der Waals surface area contributed by atoms with E-state index in [-0.39, 0.29) is 63.1 Å². The third-order valence-electron chi connectivity index (χ3n) is 12.0. The number of benzene rings is 2. The number of nitrogens with one attached hydrogen (secondary N) is 2. The second-order valence-electron chi connectivity index (χ2n) is 17.1. The van der Waals surface area contributed by atoms with Crippen LogP contribution in [0.25, 0.3) is 10.8 Å². The first-order valence-electron chi connectivity index (χ1n) is 19.8. The SMILES string of the molecule is CO[C@H]1/C=C/O[C@@]2(C)Oc3c(C)c(O)c4c(O)c(c(C5CC(=O)CC(C)(C)N5)c(O)c4c3C2=O)NC(=O)/C(C)=C\C=C\[C@H](C)[C@H](O)[C@@H](C)[C@H](O)[C@H](C)[C@H](OC(C)=O)[C@@H]1C. The molecule has 0 aliphatic carbocycles. The van der Waals surface area contributed by atoms with Crippen LogP contribution in [0.5, 0.6) is 23.0 Å². The second kappa shape index (κ2) is 17.0. The number of aliphatic hydroxyl groups is 2. The van der Waals surface area contributed by atoms with Gasteiger partial charge in [-0.3, -0.25) is 19.2 Å². The Hall–Kier alpha value is -4.96. The summed E-state index contributed by atoms with van der Waals surface area (Å²) in [6.07, 6.45) is 3.45. The van der Waals surface area contributed by atoms with Crippen molar-refractivity contribution in [2.45, 2.75) is 124 Å². The summed E-state index contributed by atoms with van der Waals surface area (Å²) in [7, 11) is 1.43. The zero-order chi connectivity index (χ0) is 44.0. The van der Waals surface area contributed by atoms with Gasteiger partial charge in [0.1, 0.15) is 29.1 Å². The van der Waals surface area contributed by atoms with E-state index >= 15 is 0 Å². The van der Waals surface area contributed by atoms with E-state index in [9.17, 15) is 44.7 Å². The smallest absolute Gasteiger partial charge is 0.312 e. The number of rotatable bonds is 3. The van der Waals surface area contributed by atoms with Crippen molar-refractivity contribution in [1.82, 2.24) is 5.32 Å². The fourth-order valence-electron chi connectivity index (χ4n) is 8.63. The number of carbonyl (C=O) groups excluding carboxylic acids is 4. The van der Waals surface area contributed by atoms with Crippen LogP contribution in [0.1, 0.15) is 103 Å². The summed E-state index contributed by atoms with van der Waals surface area (Å²) in [6, 6.07) is -0.965. The van der Waals surface area contributed by atoms with Gasteiger partial charge in [0.15, 0.2) is 5.75 Å². The number of hydrogen-bond donors (Lipinski definition) is 7. The highest BCUT2D eigenvalue weighted by Crippen LogP contribution is 2.57. The average Bonchev–Trinajstić information content (AvgIpc) is 3.42. The van der Waals surface area contributed by atoms with Crippen molar-refractivity contribution in [3.05, 3.63) is 52.8 Å². The molecule has 4 aliphatic rings. The molecule has 1 fully saturated rings. The van der Waals surface area contributed by atoms with Gasteiger partial charge < -0.3 is 55.1 Å². The Morgan fingerprint density at radius 2 is 1.56 bits per heavy atom. The Morgan fingerprint density at radius 1 is 0.898 bits per heavy atom. The van der Waals surface area contributed by atoms with Gasteiger partial charge in [0, 0.05) is 91.1 Å². The average molecular weight is 823 g/mol. The fourth-order valence-corrected chi connectivity index (χ4v) is 8.63. The van der Waals surface area contributed by atoms with E-state index in [4.69, 9.17) is 18.9 Å². The predicted octanol–water partition coefficient (Wildman–Crippen LogP) is 5.53. The number of piperidine rings is 1. The molecule has 1 amide bonds. The number of phenols is 3. The molecule has 322 valence electrons. The summed E-state index contributed by atoms with van der Waals surface area (Å²) in [5.41, 5.74) is -1.19. The van der Waals surface area contributed by atoms with Gasteiger partial charge in [-0.15, -0.1) is 0 Å². The van der Waals surface area contributed by atoms with E-state index in [0.29, 0.717) is 0 Å². The molecule has 1 unspecified atom stereocenters. The van der Waals surface area contributed by atoms with Gasteiger partial charge in [0.25, 0.3) is 11.7 Å². The summed E-state index contributed by atoms with van der Waals surface area (Å²) in [6.45, 7) is 16.0. The van der Waals surface area contributed by atoms with Crippen LogP contribution in [0.2, 0.25) is 0 Å². The predicted molar refractivity (Wildman–Crippen MR) is 218 cm³/mol. The molecular formula is C44H58N2O13. The van der Waals surface area contributed by atoms with Crippen molar-refractivity contribution < 1.29 is 63.7 Å². The van der Waals surface area contributed by atoms with Crippen LogP contribution in [-0.4, -0.2) is 91.8 Å². The highest BCUT2D eigenvalue weighted by molar-refractivity contribution is 6.22. The number of amides is 1. The maximum atomic E-state index is 14.5. The van der Waals surface area contributed by atoms with Gasteiger partial charge in [-0.05, 0) is 33.8 Å². The van der Waals surface area contributed by atoms with Crippen molar-refractivity contribution in [2.75, 3.05) is 12.4 Å². The molecule has 0 aromatic heterocycles. The Kier molecular flexibility index (Phi) is 13.0. The number of carbonyl (C=O) groups is 4. The number of anilines is 1. The molecule has 1 saturated heterocycles. The van der Waals surface area contributed by atoms with Gasteiger partial charge >= 0.3 is 11.8 Å². The first kappa shape index (κ1) is 45.1. The lowest BCUT2D eigenvalue weighted by Gasteiger charge is -2.38. The Labute approximate surface area is 344 Å². The quantitative estimate of drug-likeness (QED) is 0.115. The topological polar surface area (TPSA) is 230 Å². The highest BCUT2D eigenvalue weighted by atomic mass is 16.7. The number of allylic oxidation sites excluding steroid dienone is 2. The van der Waals surface area contributed by atoms with Crippen LogP contribution < -0.4 is 15.4 Å². The molecule has 0 spiro atoms. The summed E-state index contributed by atoms with van der Waals surface area (Å²) in [5, 5.41) is 64.2. The summed E-state index contributed by atoms with van der Waals surface area (Å²) >= 11 is 0. The molecule has 10 atom stereocenters. The van der Waals surface area contributed by atoms with Crippen molar-refractivity contribution in [3.63, 3.8) is 0 Å². The van der Waals surface area contributed by atoms with Gasteiger partial charge in [0.2, 0.25) is 0 Å². The van der Waals surface area contributed by atoms with Crippen LogP contribution in [0.3, 0.4) is 0 Å². The zero-order valence-electron chi connectivity index (χ0n) is 35.5. The molecule has 4 aliphatic heterocycles. The normalized spacial score (nSPS) is 33.7. The molecule has 4 heterocycles. The lowest BCUT2D eigenvalue weighted by Crippen LogP contribution is -2.48. The van der Waals surface area contributed by atoms with E-state index < -0.39 is 100 Å². The number of ether oxygens (including phenoxy) is 4. The second-order valence-corrected chi connectivity index (χ2v) is 17.1. The van der Waals surface area contributed by atoms with E-state index in [2.05, 4.69) is 10.6 Å². The lowest BCUT2D eigenvalue weighted by molar-refractivity contribution is -0.160. The fraction of sp³-hybridized carbons (Fsp3) is 0.545. The number of aliphatic hydroxyl groups excluding tert-OH is 2. The monoisotopic (exact) mass is 822 g/mol. The Balaban J connectivity index is 1.75. The maximum absolute atomic E-state index is 14.5. The number of phenolic OH excluding ortho intramolecular Hbond substituents is 3. The number of methoxy groups -OCH3 is 1. The molecule has 15 heteroatoms. The number of hydrogen-bond acceptors (Lipinski definition) is 14. The standard InChI is InChI=1S/C44H58N2O13/c1-19-13-12-14-20(2)42(55)45-33-29(27-17-26(48)18-43(8,9)46-27)37(52)30-31(38(33)53)36(51)24(6)40-32(30)41(54)44(10,59-40)57-16-15-28(56-11)21(3)39(58-25(7)47)23(5)35(50)22(4)34(19)49/h12-16,19,21-23,27-28,34-35,39,46,49-53H,17-18H2,1-11H3,(H,45,55)/b13-12+,16-15+,20-14-/t19-,21+,22+,23-,27?,28-,34-,35-,39+,44-/m0/s1. The zero-order valence-corrected chi connectivity index (χ0v) is 35.5. The highest BCUT2D eigenvalue weighted by Gasteiger charge is 2.50. The minimum absolute atomic E-state index is 0.0291. The van der Waals surface area contributed by atoms with E-state index in [1.54, 1.807) is 53.7 Å². The number of ketones is 2. The van der Waals surface area contributed by atoms with Crippen molar-refractivity contribution in [1.29, 1.82) is 0 Å². The number of fused-ring (bicyclic) bond motifs is 14. The summed E-state index contributed by atoms with van der Waals surface area (Å²) in [4.78, 5) is 53.8. The molecule has 2 aromatic rings. The van der Waals surface area contributed by atoms with Crippen LogP contribution in [-0.2, 0) is 28.6 Å². The van der Waals surface area contributed by atoms with E-state index in [1.807, 2.05) is 0 Å². The third-order valence-corrected chi connectivity index (χ3v) is 12.0. The number of esters is 1. The molecule has 5 bridgehead atoms. The van der Waals surface area contributed by atoms with Crippen LogP contribution >= 0.6 is 0 Å². The van der Waals surface area contributed by atoms with E-state index in [1.165, 1.54) is 53.2 Å². The van der Waals surface area contributed by atoms with Crippen LogP contribution in [0.15, 0.2) is 36.1 Å². The lowest BCUT2D eigenvalue weighted by atomic mass is 9.78. The van der Waals surface area contributed by atoms with Crippen LogP contribution in [0.4, 0.5) is 5.69 Å². The minimum Gasteiger partial charge on any atom is -0.507 e. The Morgan fingerprint density at radius 3 is 2.17 bits per heavy atom. The van der Waals surface area contributed by atoms with Crippen molar-refractivity contribution >= 4 is 39.9 Å². The Bertz CT molecular complexity index is 2120. The molecule has 7 N–H and O–H groups in total. The molecule has 6 rings (SSSR count). The summed E-state index contributed by atoms with van der Waals surface area (Å²) < 4.78 is 23.6. The molecule has 0 saturated carbocycles. The number of Topliss-reactive ketones (excluding diaryl/α,β-unsaturated/α-hetero) is 2. The van der Waals surface area contributed by atoms with Gasteiger partial charge in [-0.2, -0.15) is 0 Å². The van der Waals surface area contributed by atoms with Gasteiger partial charge in [-0.1, -0.05) is 45.9 Å². The third kappa shape index (κ3) is 8.56. The first-order valence-corrected chi connectivity index (χ1v) is 19.8.